The SMILES string of the molecule is O=C(O)c1cccc2[nH]c(=O)n(Cc3ccco3)c12. The fraction of sp³-hybridized carbons (Fsp3) is 0.0769. The molecule has 0 unspecified atom stereocenters. The van der Waals surface area contributed by atoms with Crippen molar-refractivity contribution in [1.82, 2.24) is 9.55 Å². The second-order valence-electron chi connectivity index (χ2n) is 4.10. The molecule has 6 nitrogen and oxygen atoms in total. The lowest BCUT2D eigenvalue weighted by Crippen LogP contribution is -2.18. The lowest BCUT2D eigenvalue weighted by molar-refractivity contribution is 0.0698. The van der Waals surface area contributed by atoms with E-state index in [0.29, 0.717) is 16.8 Å². The highest BCUT2D eigenvalue weighted by atomic mass is 16.4. The summed E-state index contributed by atoms with van der Waals surface area (Å²) >= 11 is 0. The van der Waals surface area contributed by atoms with Gasteiger partial charge in [-0.05, 0) is 24.3 Å². The van der Waals surface area contributed by atoms with Crippen molar-refractivity contribution in [3.05, 3.63) is 58.4 Å². The standard InChI is InChI=1S/C13H10N2O4/c16-12(17)9-4-1-5-10-11(9)15(13(18)14-10)7-8-3-2-6-19-8/h1-6H,7H2,(H,14,18)(H,16,17). The maximum absolute atomic E-state index is 11.9. The summed E-state index contributed by atoms with van der Waals surface area (Å²) in [7, 11) is 0. The van der Waals surface area contributed by atoms with E-state index in [1.807, 2.05) is 0 Å². The molecule has 96 valence electrons. The van der Waals surface area contributed by atoms with Crippen molar-refractivity contribution in [2.24, 2.45) is 0 Å². The maximum Gasteiger partial charge on any atom is 0.337 e. The number of carboxylic acid groups (broad SMARTS) is 1. The van der Waals surface area contributed by atoms with Crippen molar-refractivity contribution >= 4 is 17.0 Å². The van der Waals surface area contributed by atoms with Gasteiger partial charge in [-0.3, -0.25) is 4.57 Å². The third-order valence-corrected chi connectivity index (χ3v) is 2.92. The van der Waals surface area contributed by atoms with Crippen LogP contribution in [-0.4, -0.2) is 20.6 Å². The van der Waals surface area contributed by atoms with Gasteiger partial charge in [0.15, 0.2) is 0 Å². The molecule has 0 saturated carbocycles. The number of aromatic nitrogens is 2. The number of hydrogen-bond donors (Lipinski definition) is 2. The molecule has 0 radical (unpaired) electrons. The summed E-state index contributed by atoms with van der Waals surface area (Å²) in [5.74, 6) is -0.485. The second kappa shape index (κ2) is 4.16. The monoisotopic (exact) mass is 258 g/mol. The van der Waals surface area contributed by atoms with E-state index in [1.165, 1.54) is 16.9 Å². The Labute approximate surface area is 106 Å². The van der Waals surface area contributed by atoms with Gasteiger partial charge in [-0.15, -0.1) is 0 Å². The predicted molar refractivity (Wildman–Crippen MR) is 67.3 cm³/mol. The van der Waals surface area contributed by atoms with E-state index >= 15 is 0 Å². The summed E-state index contributed by atoms with van der Waals surface area (Å²) in [6.07, 6.45) is 1.51. The molecule has 0 bridgehead atoms. The molecular formula is C13H10N2O4. The summed E-state index contributed by atoms with van der Waals surface area (Å²) in [6.45, 7) is 0.191. The van der Waals surface area contributed by atoms with Gasteiger partial charge in [0, 0.05) is 0 Å². The van der Waals surface area contributed by atoms with Gasteiger partial charge in [0.05, 0.1) is 29.4 Å². The predicted octanol–water partition coefficient (Wildman–Crippen LogP) is 1.67. The number of aromatic carboxylic acids is 1. The smallest absolute Gasteiger partial charge is 0.337 e. The normalized spacial score (nSPS) is 10.9. The fourth-order valence-electron chi connectivity index (χ4n) is 2.10. The Morgan fingerprint density at radius 1 is 1.32 bits per heavy atom. The van der Waals surface area contributed by atoms with E-state index in [-0.39, 0.29) is 17.8 Å². The van der Waals surface area contributed by atoms with Crippen molar-refractivity contribution in [2.45, 2.75) is 6.54 Å². The van der Waals surface area contributed by atoms with Crippen LogP contribution in [-0.2, 0) is 6.54 Å². The van der Waals surface area contributed by atoms with Gasteiger partial charge in [-0.25, -0.2) is 9.59 Å². The average molecular weight is 258 g/mol. The van der Waals surface area contributed by atoms with Crippen LogP contribution in [0.3, 0.4) is 0 Å². The van der Waals surface area contributed by atoms with Crippen LogP contribution in [0.15, 0.2) is 45.8 Å². The first-order valence-corrected chi connectivity index (χ1v) is 5.64. The number of rotatable bonds is 3. The molecular weight excluding hydrogens is 248 g/mol. The molecule has 0 aliphatic carbocycles. The molecule has 2 N–H and O–H groups in total. The quantitative estimate of drug-likeness (QED) is 0.747. The molecule has 19 heavy (non-hydrogen) atoms. The van der Waals surface area contributed by atoms with Gasteiger partial charge in [-0.2, -0.15) is 0 Å². The highest BCUT2D eigenvalue weighted by Crippen LogP contribution is 2.17. The van der Waals surface area contributed by atoms with Crippen LogP contribution in [0.1, 0.15) is 16.1 Å². The van der Waals surface area contributed by atoms with Crippen LogP contribution in [0.25, 0.3) is 11.0 Å². The van der Waals surface area contributed by atoms with E-state index < -0.39 is 5.97 Å². The minimum absolute atomic E-state index is 0.0856. The largest absolute Gasteiger partial charge is 0.478 e. The van der Waals surface area contributed by atoms with Crippen molar-refractivity contribution in [3.63, 3.8) is 0 Å². The summed E-state index contributed by atoms with van der Waals surface area (Å²) in [4.78, 5) is 25.8. The average Bonchev–Trinajstić information content (AvgIpc) is 2.98. The number of carboxylic acids is 1. The van der Waals surface area contributed by atoms with Gasteiger partial charge in [0.1, 0.15) is 5.76 Å². The molecule has 0 spiro atoms. The Hall–Kier alpha value is -2.76. The van der Waals surface area contributed by atoms with Crippen LogP contribution in [0.4, 0.5) is 0 Å². The molecule has 2 aromatic heterocycles. The zero-order valence-corrected chi connectivity index (χ0v) is 9.79. The first-order valence-electron chi connectivity index (χ1n) is 5.64. The molecule has 6 heteroatoms. The number of para-hydroxylation sites is 1. The van der Waals surface area contributed by atoms with E-state index in [4.69, 9.17) is 4.42 Å². The highest BCUT2D eigenvalue weighted by molar-refractivity contribution is 6.01. The fourth-order valence-corrected chi connectivity index (χ4v) is 2.10. The Morgan fingerprint density at radius 3 is 2.84 bits per heavy atom. The van der Waals surface area contributed by atoms with Crippen molar-refractivity contribution in [1.29, 1.82) is 0 Å². The number of nitrogens with zero attached hydrogens (tertiary/aromatic N) is 1. The zero-order chi connectivity index (χ0) is 13.4. The Balaban J connectivity index is 2.25. The van der Waals surface area contributed by atoms with E-state index in [0.717, 1.165) is 0 Å². The number of imidazole rings is 1. The summed E-state index contributed by atoms with van der Waals surface area (Å²) in [5.41, 5.74) is 0.593. The molecule has 0 atom stereocenters. The number of fused-ring (bicyclic) bond motifs is 1. The molecule has 3 rings (SSSR count). The van der Waals surface area contributed by atoms with E-state index in [1.54, 1.807) is 24.3 Å². The molecule has 1 aromatic carbocycles. The third kappa shape index (κ3) is 1.83. The van der Waals surface area contributed by atoms with E-state index in [9.17, 15) is 14.7 Å². The summed E-state index contributed by atoms with van der Waals surface area (Å²) < 4.78 is 6.55. The number of furan rings is 1. The Kier molecular flexibility index (Phi) is 2.49. The number of H-pyrrole nitrogens is 1. The number of nitrogens with one attached hydrogen (secondary N) is 1. The molecule has 2 heterocycles. The van der Waals surface area contributed by atoms with Crippen LogP contribution in [0.5, 0.6) is 0 Å². The first-order chi connectivity index (χ1) is 9.16. The van der Waals surface area contributed by atoms with Crippen LogP contribution in [0.2, 0.25) is 0 Å². The zero-order valence-electron chi connectivity index (χ0n) is 9.79. The van der Waals surface area contributed by atoms with Crippen molar-refractivity contribution < 1.29 is 14.3 Å². The lowest BCUT2D eigenvalue weighted by atomic mass is 10.2. The number of carbonyl (C=O) groups is 1. The molecule has 3 aromatic rings. The van der Waals surface area contributed by atoms with Crippen molar-refractivity contribution in [3.8, 4) is 0 Å². The minimum Gasteiger partial charge on any atom is -0.478 e. The maximum atomic E-state index is 11.9. The van der Waals surface area contributed by atoms with Crippen LogP contribution in [0, 0.1) is 0 Å². The first kappa shape index (κ1) is 11.3. The lowest BCUT2D eigenvalue weighted by Gasteiger charge is -2.03. The number of benzene rings is 1. The van der Waals surface area contributed by atoms with Crippen LogP contribution < -0.4 is 5.69 Å². The van der Waals surface area contributed by atoms with Crippen molar-refractivity contribution in [2.75, 3.05) is 0 Å². The van der Waals surface area contributed by atoms with Gasteiger partial charge in [0.2, 0.25) is 0 Å². The van der Waals surface area contributed by atoms with Gasteiger partial charge < -0.3 is 14.5 Å². The molecule has 0 amide bonds. The van der Waals surface area contributed by atoms with Gasteiger partial charge in [-0.1, -0.05) is 6.07 Å². The number of aromatic amines is 1. The molecule has 0 saturated heterocycles. The van der Waals surface area contributed by atoms with E-state index in [2.05, 4.69) is 4.98 Å². The molecule has 0 aliphatic rings. The van der Waals surface area contributed by atoms with Crippen LogP contribution >= 0.6 is 0 Å². The third-order valence-electron chi connectivity index (χ3n) is 2.92. The summed E-state index contributed by atoms with van der Waals surface area (Å²) in [5, 5.41) is 9.19. The molecule has 0 aliphatic heterocycles. The van der Waals surface area contributed by atoms with Gasteiger partial charge in [0.25, 0.3) is 0 Å². The Morgan fingerprint density at radius 2 is 2.16 bits per heavy atom. The highest BCUT2D eigenvalue weighted by Gasteiger charge is 2.16. The Bertz CT molecular complexity index is 796. The second-order valence-corrected chi connectivity index (χ2v) is 4.10. The molecule has 0 fully saturated rings. The minimum atomic E-state index is -1.07. The number of hydrogen-bond acceptors (Lipinski definition) is 3. The van der Waals surface area contributed by atoms with Gasteiger partial charge >= 0.3 is 11.7 Å². The summed E-state index contributed by atoms with van der Waals surface area (Å²) in [6, 6.07) is 8.18. The topological polar surface area (TPSA) is 88.2 Å².